The second-order valence-corrected chi connectivity index (χ2v) is 6.29. The Balaban J connectivity index is 2.25. The molecule has 0 spiro atoms. The molecular weight excluding hydrogens is 264 g/mol. The van der Waals surface area contributed by atoms with Gasteiger partial charge in [-0.3, -0.25) is 10.1 Å². The minimum Gasteiger partial charge on any atom is -0.496 e. The van der Waals surface area contributed by atoms with Crippen LogP contribution in [0.1, 0.15) is 44.5 Å². The fourth-order valence-electron chi connectivity index (χ4n) is 3.16. The third-order valence-corrected chi connectivity index (χ3v) is 4.03. The Morgan fingerprint density at radius 2 is 2.10 bits per heavy atom. The van der Waals surface area contributed by atoms with Crippen molar-refractivity contribution in [1.29, 1.82) is 0 Å². The molecule has 4 heteroatoms. The normalized spacial score (nSPS) is 20.2. The lowest BCUT2D eigenvalue weighted by molar-refractivity contribution is -0.130. The van der Waals surface area contributed by atoms with E-state index in [4.69, 9.17) is 4.74 Å². The molecule has 1 aromatic rings. The molecule has 4 nitrogen and oxygen atoms in total. The van der Waals surface area contributed by atoms with Crippen LogP contribution in [0.3, 0.4) is 0 Å². The van der Waals surface area contributed by atoms with Gasteiger partial charge in [-0.1, -0.05) is 19.9 Å². The third-order valence-electron chi connectivity index (χ3n) is 4.03. The van der Waals surface area contributed by atoms with Gasteiger partial charge in [-0.25, -0.2) is 0 Å². The Kier molecular flexibility index (Phi) is 4.88. The zero-order chi connectivity index (χ0) is 15.6. The summed E-state index contributed by atoms with van der Waals surface area (Å²) in [6, 6.07) is 6.35. The fraction of sp³-hybridized carbons (Fsp3) is 0.588. The molecule has 1 aliphatic rings. The first-order valence-corrected chi connectivity index (χ1v) is 7.63. The molecule has 116 valence electrons. The summed E-state index contributed by atoms with van der Waals surface area (Å²) in [6.07, 6.45) is 0.981. The molecule has 0 radical (unpaired) electrons. The quantitative estimate of drug-likeness (QED) is 0.906. The molecule has 0 aromatic heterocycles. The van der Waals surface area contributed by atoms with Gasteiger partial charge in [-0.2, -0.15) is 0 Å². The molecule has 2 unspecified atom stereocenters. The number of carbonyl (C=O) groups is 1. The Morgan fingerprint density at radius 1 is 1.38 bits per heavy atom. The van der Waals surface area contributed by atoms with Crippen molar-refractivity contribution in [3.63, 3.8) is 0 Å². The van der Waals surface area contributed by atoms with Crippen molar-refractivity contribution in [2.24, 2.45) is 5.92 Å². The van der Waals surface area contributed by atoms with Crippen LogP contribution in [0.25, 0.3) is 0 Å². The van der Waals surface area contributed by atoms with Crippen LogP contribution in [0, 0.1) is 12.8 Å². The highest BCUT2D eigenvalue weighted by Crippen LogP contribution is 2.30. The van der Waals surface area contributed by atoms with Crippen molar-refractivity contribution in [3.8, 4) is 5.75 Å². The van der Waals surface area contributed by atoms with Gasteiger partial charge >= 0.3 is 0 Å². The summed E-state index contributed by atoms with van der Waals surface area (Å²) in [5.41, 5.74) is 2.21. The van der Waals surface area contributed by atoms with Gasteiger partial charge in [-0.15, -0.1) is 0 Å². The van der Waals surface area contributed by atoms with Gasteiger partial charge in [0, 0.05) is 6.04 Å². The average molecular weight is 290 g/mol. The van der Waals surface area contributed by atoms with Crippen molar-refractivity contribution >= 4 is 5.91 Å². The molecule has 1 N–H and O–H groups in total. The van der Waals surface area contributed by atoms with Gasteiger partial charge in [-0.05, 0) is 49.4 Å². The van der Waals surface area contributed by atoms with E-state index in [1.165, 1.54) is 0 Å². The number of nitrogens with one attached hydrogen (secondary N) is 1. The average Bonchev–Trinajstić information content (AvgIpc) is 2.79. The molecule has 1 amide bonds. The van der Waals surface area contributed by atoms with Gasteiger partial charge in [0.15, 0.2) is 0 Å². The van der Waals surface area contributed by atoms with Gasteiger partial charge in [0.25, 0.3) is 0 Å². The highest BCUT2D eigenvalue weighted by Gasteiger charge is 2.35. The highest BCUT2D eigenvalue weighted by molar-refractivity contribution is 5.81. The smallest absolute Gasteiger partial charge is 0.238 e. The second kappa shape index (κ2) is 6.48. The molecule has 2 atom stereocenters. The fourth-order valence-corrected chi connectivity index (χ4v) is 3.16. The number of aryl methyl sites for hydroxylation is 1. The van der Waals surface area contributed by atoms with E-state index in [1.54, 1.807) is 7.11 Å². The predicted octanol–water partition coefficient (Wildman–Crippen LogP) is 2.87. The first-order valence-electron chi connectivity index (χ1n) is 7.63. The summed E-state index contributed by atoms with van der Waals surface area (Å²) in [6.45, 7) is 8.96. The number of hydrogen-bond acceptors (Lipinski definition) is 3. The van der Waals surface area contributed by atoms with E-state index in [0.717, 1.165) is 23.3 Å². The summed E-state index contributed by atoms with van der Waals surface area (Å²) in [5.74, 6) is 1.64. The highest BCUT2D eigenvalue weighted by atomic mass is 16.5. The third kappa shape index (κ3) is 3.38. The number of hydrogen-bond donors (Lipinski definition) is 1. The summed E-state index contributed by atoms with van der Waals surface area (Å²) < 4.78 is 5.31. The summed E-state index contributed by atoms with van der Waals surface area (Å²) in [4.78, 5) is 14.2. The standard InChI is InChI=1S/C17H26N2O2/c1-11(2)8-13(4)19-16(20)10-18-17(19)14-6-7-15(21-5)12(3)9-14/h6-7,9,11,13,17-18H,8,10H2,1-5H3. The van der Waals surface area contributed by atoms with Crippen LogP contribution in [0.2, 0.25) is 0 Å². The van der Waals surface area contributed by atoms with Crippen molar-refractivity contribution in [3.05, 3.63) is 29.3 Å². The first kappa shape index (κ1) is 15.8. The number of amides is 1. The maximum atomic E-state index is 12.2. The number of methoxy groups -OCH3 is 1. The van der Waals surface area contributed by atoms with Crippen molar-refractivity contribution in [2.45, 2.75) is 46.3 Å². The van der Waals surface area contributed by atoms with Gasteiger partial charge < -0.3 is 9.64 Å². The van der Waals surface area contributed by atoms with Crippen LogP contribution in [0.15, 0.2) is 18.2 Å². The van der Waals surface area contributed by atoms with E-state index < -0.39 is 0 Å². The van der Waals surface area contributed by atoms with Crippen LogP contribution in [-0.2, 0) is 4.79 Å². The van der Waals surface area contributed by atoms with E-state index in [0.29, 0.717) is 12.5 Å². The van der Waals surface area contributed by atoms with Gasteiger partial charge in [0.05, 0.1) is 13.7 Å². The Hall–Kier alpha value is -1.55. The Bertz CT molecular complexity index is 514. The topological polar surface area (TPSA) is 41.6 Å². The second-order valence-electron chi connectivity index (χ2n) is 6.29. The van der Waals surface area contributed by atoms with Gasteiger partial charge in [0.2, 0.25) is 5.91 Å². The van der Waals surface area contributed by atoms with E-state index in [-0.39, 0.29) is 18.1 Å². The SMILES string of the molecule is COc1ccc(C2NCC(=O)N2C(C)CC(C)C)cc1C. The van der Waals surface area contributed by atoms with Gasteiger partial charge in [0.1, 0.15) is 11.9 Å². The van der Waals surface area contributed by atoms with Crippen LogP contribution in [0.4, 0.5) is 0 Å². The number of benzene rings is 1. The molecule has 1 fully saturated rings. The van der Waals surface area contributed by atoms with Crippen molar-refractivity contribution in [2.75, 3.05) is 13.7 Å². The lowest BCUT2D eigenvalue weighted by Gasteiger charge is -2.32. The molecule has 1 aliphatic heterocycles. The molecule has 1 saturated heterocycles. The maximum Gasteiger partial charge on any atom is 0.238 e. The zero-order valence-corrected chi connectivity index (χ0v) is 13.6. The minimum atomic E-state index is -0.0316. The van der Waals surface area contributed by atoms with Crippen LogP contribution >= 0.6 is 0 Å². The van der Waals surface area contributed by atoms with Crippen LogP contribution in [-0.4, -0.2) is 30.5 Å². The Labute approximate surface area is 127 Å². The molecule has 1 aromatic carbocycles. The van der Waals surface area contributed by atoms with E-state index in [9.17, 15) is 4.79 Å². The monoisotopic (exact) mass is 290 g/mol. The van der Waals surface area contributed by atoms with Crippen molar-refractivity contribution in [1.82, 2.24) is 10.2 Å². The molecule has 0 saturated carbocycles. The van der Waals surface area contributed by atoms with E-state index in [1.807, 2.05) is 24.0 Å². The maximum absolute atomic E-state index is 12.2. The first-order chi connectivity index (χ1) is 9.93. The number of ether oxygens (including phenoxy) is 1. The lowest BCUT2D eigenvalue weighted by atomic mass is 10.0. The zero-order valence-electron chi connectivity index (χ0n) is 13.6. The molecule has 2 rings (SSSR count). The number of carbonyl (C=O) groups excluding carboxylic acids is 1. The molecular formula is C17H26N2O2. The van der Waals surface area contributed by atoms with Crippen LogP contribution in [0.5, 0.6) is 5.75 Å². The van der Waals surface area contributed by atoms with E-state index >= 15 is 0 Å². The van der Waals surface area contributed by atoms with Crippen molar-refractivity contribution < 1.29 is 9.53 Å². The molecule has 21 heavy (non-hydrogen) atoms. The summed E-state index contributed by atoms with van der Waals surface area (Å²) in [5, 5.41) is 3.33. The summed E-state index contributed by atoms with van der Waals surface area (Å²) >= 11 is 0. The summed E-state index contributed by atoms with van der Waals surface area (Å²) in [7, 11) is 1.68. The molecule has 1 heterocycles. The molecule has 0 bridgehead atoms. The predicted molar refractivity (Wildman–Crippen MR) is 84.2 cm³/mol. The number of rotatable bonds is 5. The minimum absolute atomic E-state index is 0.0316. The lowest BCUT2D eigenvalue weighted by Crippen LogP contribution is -2.38. The van der Waals surface area contributed by atoms with Crippen LogP contribution < -0.4 is 10.1 Å². The van der Waals surface area contributed by atoms with E-state index in [2.05, 4.69) is 32.2 Å². The largest absolute Gasteiger partial charge is 0.496 e. The Morgan fingerprint density at radius 3 is 2.67 bits per heavy atom. The molecule has 0 aliphatic carbocycles. The number of nitrogens with zero attached hydrogens (tertiary/aromatic N) is 1.